The quantitative estimate of drug-likeness (QED) is 0.566. The summed E-state index contributed by atoms with van der Waals surface area (Å²) in [4.78, 5) is 0. The molecular weight excluding hydrogens is 272 g/mol. The molecule has 100 valence electrons. The molecule has 2 heteroatoms. The Morgan fingerprint density at radius 3 is 1.35 bits per heavy atom. The van der Waals surface area contributed by atoms with Gasteiger partial charge in [-0.1, -0.05) is 82.2 Å². The fraction of sp³-hybridized carbons (Fsp3) is 0.222. The van der Waals surface area contributed by atoms with Crippen LogP contribution in [0.4, 0.5) is 0 Å². The number of allylic oxidation sites excluding steroid dienone is 2. The van der Waals surface area contributed by atoms with E-state index in [4.69, 9.17) is 0 Å². The number of rotatable bonds is 6. The van der Waals surface area contributed by atoms with E-state index in [9.17, 15) is 0 Å². The Morgan fingerprint density at radius 1 is 0.650 bits per heavy atom. The highest BCUT2D eigenvalue weighted by Gasteiger charge is 2.01. The van der Waals surface area contributed by atoms with Gasteiger partial charge in [-0.25, -0.2) is 0 Å². The molecule has 4 radical (unpaired) electrons. The molecule has 0 aliphatic rings. The lowest BCUT2D eigenvalue weighted by atomic mass is 10.2. The van der Waals surface area contributed by atoms with Crippen molar-refractivity contribution in [2.24, 2.45) is 0 Å². The molecule has 0 saturated heterocycles. The lowest BCUT2D eigenvalue weighted by Gasteiger charge is -2.07. The molecule has 0 spiro atoms. The predicted molar refractivity (Wildman–Crippen MR) is 91.6 cm³/mol. The van der Waals surface area contributed by atoms with Gasteiger partial charge in [0.2, 0.25) is 0 Å². The van der Waals surface area contributed by atoms with Crippen LogP contribution in [0.1, 0.15) is 13.8 Å². The highest BCUT2D eigenvalue weighted by Crippen LogP contribution is 2.11. The average molecular weight is 293 g/mol. The van der Waals surface area contributed by atoms with Crippen molar-refractivity contribution in [2.45, 2.75) is 25.9 Å². The van der Waals surface area contributed by atoms with Crippen LogP contribution < -0.4 is 10.4 Å². The van der Waals surface area contributed by atoms with Crippen molar-refractivity contribution < 1.29 is 0 Å². The van der Waals surface area contributed by atoms with Crippen LogP contribution in [-0.2, 0) is 0 Å². The van der Waals surface area contributed by atoms with Crippen molar-refractivity contribution in [3.05, 3.63) is 71.8 Å². The van der Waals surface area contributed by atoms with Crippen LogP contribution in [-0.4, -0.2) is 19.0 Å². The maximum absolute atomic E-state index is 2.29. The van der Waals surface area contributed by atoms with Gasteiger partial charge in [-0.3, -0.25) is 0 Å². The predicted octanol–water partition coefficient (Wildman–Crippen LogP) is 3.22. The van der Waals surface area contributed by atoms with Crippen molar-refractivity contribution in [1.29, 1.82) is 0 Å². The van der Waals surface area contributed by atoms with Crippen LogP contribution in [0.5, 0.6) is 0 Å². The van der Waals surface area contributed by atoms with Gasteiger partial charge in [0.15, 0.2) is 0 Å². The Balaban J connectivity index is 1.84. The molecule has 20 heavy (non-hydrogen) atoms. The van der Waals surface area contributed by atoms with E-state index in [2.05, 4.69) is 74.5 Å². The lowest BCUT2D eigenvalue weighted by Crippen LogP contribution is -2.15. The van der Waals surface area contributed by atoms with E-state index in [-0.39, 0.29) is 0 Å². The largest absolute Gasteiger partial charge is 0.0852 e. The first-order valence-electron chi connectivity index (χ1n) is 6.99. The first-order chi connectivity index (χ1) is 9.75. The minimum absolute atomic E-state index is 0.894. The fourth-order valence-corrected chi connectivity index (χ4v) is 4.28. The Labute approximate surface area is 127 Å². The molecule has 0 nitrogen and oxygen atoms in total. The summed E-state index contributed by atoms with van der Waals surface area (Å²) in [7, 11) is 1.79. The molecule has 0 amide bonds. The molecule has 2 rings (SSSR count). The Bertz CT molecular complexity index is 493. The molecule has 0 atom stereocenters. The molecule has 2 aromatic rings. The number of benzene rings is 2. The van der Waals surface area contributed by atoms with Crippen LogP contribution in [0.15, 0.2) is 71.8 Å². The second-order valence-electron chi connectivity index (χ2n) is 5.00. The first kappa shape index (κ1) is 15.0. The van der Waals surface area contributed by atoms with E-state index < -0.39 is 0 Å². The van der Waals surface area contributed by atoms with E-state index >= 15 is 0 Å². The van der Waals surface area contributed by atoms with Crippen molar-refractivity contribution in [3.8, 4) is 0 Å². The molecule has 0 fully saturated rings. The van der Waals surface area contributed by atoms with Gasteiger partial charge < -0.3 is 0 Å². The highest BCUT2D eigenvalue weighted by molar-refractivity contribution is 6.55. The maximum Gasteiger partial charge on any atom is 0.0852 e. The maximum atomic E-state index is 2.29. The molecule has 0 aliphatic heterocycles. The third kappa shape index (κ3) is 4.95. The van der Waals surface area contributed by atoms with Gasteiger partial charge in [0.05, 0.1) is 19.0 Å². The van der Waals surface area contributed by atoms with Crippen molar-refractivity contribution in [3.63, 3.8) is 0 Å². The van der Waals surface area contributed by atoms with E-state index in [1.165, 1.54) is 22.5 Å². The van der Waals surface area contributed by atoms with E-state index in [1.54, 1.807) is 11.1 Å². The molecule has 0 N–H and O–H groups in total. The van der Waals surface area contributed by atoms with Crippen molar-refractivity contribution >= 4 is 29.4 Å². The van der Waals surface area contributed by atoms with Gasteiger partial charge in [0, 0.05) is 0 Å². The van der Waals surface area contributed by atoms with Crippen molar-refractivity contribution in [2.75, 3.05) is 0 Å². The summed E-state index contributed by atoms with van der Waals surface area (Å²) < 4.78 is 0. The van der Waals surface area contributed by atoms with E-state index in [0.29, 0.717) is 0 Å². The Hall–Kier alpha value is -1.39. The summed E-state index contributed by atoms with van der Waals surface area (Å²) >= 11 is 0. The summed E-state index contributed by atoms with van der Waals surface area (Å²) in [6.07, 6.45) is 0. The molecular formula is C18H20Si2. The zero-order chi connectivity index (χ0) is 14.2. The number of hydrogen-bond donors (Lipinski definition) is 0. The van der Waals surface area contributed by atoms with E-state index in [0.717, 1.165) is 19.0 Å². The van der Waals surface area contributed by atoms with Gasteiger partial charge in [0.1, 0.15) is 0 Å². The zero-order valence-corrected chi connectivity index (χ0v) is 14.2. The summed E-state index contributed by atoms with van der Waals surface area (Å²) in [6, 6.07) is 24.0. The highest BCUT2D eigenvalue weighted by atomic mass is 28.2. The summed E-state index contributed by atoms with van der Waals surface area (Å²) in [5.74, 6) is 0. The second-order valence-corrected chi connectivity index (χ2v) is 7.57. The average Bonchev–Trinajstić information content (AvgIpc) is 2.52. The van der Waals surface area contributed by atoms with Crippen LogP contribution in [0, 0.1) is 0 Å². The molecule has 0 aromatic heterocycles. The zero-order valence-electron chi connectivity index (χ0n) is 12.2. The van der Waals surface area contributed by atoms with Gasteiger partial charge in [-0.2, -0.15) is 0 Å². The van der Waals surface area contributed by atoms with Crippen LogP contribution in [0.3, 0.4) is 0 Å². The second kappa shape index (κ2) is 8.02. The molecule has 0 aliphatic carbocycles. The molecule has 2 aromatic carbocycles. The third-order valence-corrected chi connectivity index (χ3v) is 6.29. The minimum atomic E-state index is 0.894. The molecule has 0 unspecified atom stereocenters. The van der Waals surface area contributed by atoms with Gasteiger partial charge in [-0.15, -0.1) is 0 Å². The first-order valence-corrected chi connectivity index (χ1v) is 9.40. The summed E-state index contributed by atoms with van der Waals surface area (Å²) in [5.41, 5.74) is 3.13. The lowest BCUT2D eigenvalue weighted by molar-refractivity contribution is 1.22. The van der Waals surface area contributed by atoms with Crippen LogP contribution in [0.2, 0.25) is 12.1 Å². The van der Waals surface area contributed by atoms with Crippen LogP contribution >= 0.6 is 0 Å². The fourth-order valence-electron chi connectivity index (χ4n) is 1.88. The minimum Gasteiger partial charge on any atom is -0.0774 e. The molecule has 0 heterocycles. The van der Waals surface area contributed by atoms with E-state index in [1.807, 2.05) is 0 Å². The third-order valence-electron chi connectivity index (χ3n) is 3.39. The van der Waals surface area contributed by atoms with Gasteiger partial charge in [-0.05, 0) is 25.9 Å². The monoisotopic (exact) mass is 292 g/mol. The Morgan fingerprint density at radius 2 is 1.00 bits per heavy atom. The SMILES string of the molecule is C/C(C[Si]c1ccccc1)=C(/C)C[Si]c1ccccc1. The van der Waals surface area contributed by atoms with Gasteiger partial charge >= 0.3 is 0 Å². The topological polar surface area (TPSA) is 0 Å². The number of hydrogen-bond acceptors (Lipinski definition) is 0. The summed E-state index contributed by atoms with van der Waals surface area (Å²) in [5, 5.41) is 2.93. The van der Waals surface area contributed by atoms with Crippen LogP contribution in [0.25, 0.3) is 0 Å². The normalized spacial score (nSPS) is 12.1. The molecule has 0 bridgehead atoms. The van der Waals surface area contributed by atoms with Crippen molar-refractivity contribution in [1.82, 2.24) is 0 Å². The Kier molecular flexibility index (Phi) is 6.02. The standard InChI is InChI=1S/C18H20Si2/c1-15(13-19-17-9-5-3-6-10-17)16(2)14-20-18-11-7-4-8-12-18/h3-12H,13-14H2,1-2H3/b16-15+. The smallest absolute Gasteiger partial charge is 0.0774 e. The van der Waals surface area contributed by atoms with Gasteiger partial charge in [0.25, 0.3) is 0 Å². The summed E-state index contributed by atoms with van der Waals surface area (Å²) in [6.45, 7) is 4.58. The molecule has 0 saturated carbocycles.